The lowest BCUT2D eigenvalue weighted by atomic mass is 9.97. The van der Waals surface area contributed by atoms with Crippen LogP contribution >= 0.6 is 11.3 Å². The van der Waals surface area contributed by atoms with Crippen molar-refractivity contribution in [2.75, 3.05) is 0 Å². The highest BCUT2D eigenvalue weighted by Crippen LogP contribution is 2.35. The molecule has 3 heteroatoms. The highest BCUT2D eigenvalue weighted by Gasteiger charge is 2.13. The number of fused-ring (bicyclic) bond motifs is 1. The SMILES string of the molecule is C#Cc1ccc2cc(-c3sc(C(=O)CC)cc3C)ccc2c1C=O.CC.[H]. The summed E-state index contributed by atoms with van der Waals surface area (Å²) < 4.78 is 0. The molecule has 0 fully saturated rings. The monoisotopic (exact) mass is 363 g/mol. The van der Waals surface area contributed by atoms with Crippen LogP contribution in [0.1, 0.15) is 59.8 Å². The third-order valence-corrected chi connectivity index (χ3v) is 5.44. The van der Waals surface area contributed by atoms with E-state index in [1.807, 2.05) is 58.0 Å². The number of rotatable bonds is 4. The normalized spacial score (nSPS) is 9.96. The Labute approximate surface area is 160 Å². The van der Waals surface area contributed by atoms with E-state index in [2.05, 4.69) is 5.92 Å². The highest BCUT2D eigenvalue weighted by molar-refractivity contribution is 7.17. The van der Waals surface area contributed by atoms with Crippen LogP contribution < -0.4 is 0 Å². The molecule has 0 amide bonds. The van der Waals surface area contributed by atoms with Crippen LogP contribution in [0.25, 0.3) is 21.2 Å². The van der Waals surface area contributed by atoms with Crippen LogP contribution in [0.3, 0.4) is 0 Å². The van der Waals surface area contributed by atoms with Gasteiger partial charge in [-0.2, -0.15) is 0 Å². The predicted octanol–water partition coefficient (Wildman–Crippen LogP) is 6.40. The maximum absolute atomic E-state index is 11.9. The van der Waals surface area contributed by atoms with Gasteiger partial charge in [-0.15, -0.1) is 17.8 Å². The van der Waals surface area contributed by atoms with Crippen molar-refractivity contribution >= 4 is 34.2 Å². The van der Waals surface area contributed by atoms with Crippen LogP contribution in [-0.4, -0.2) is 12.1 Å². The summed E-state index contributed by atoms with van der Waals surface area (Å²) in [6, 6.07) is 11.6. The van der Waals surface area contributed by atoms with E-state index in [-0.39, 0.29) is 7.21 Å². The fourth-order valence-corrected chi connectivity index (χ4v) is 4.01. The van der Waals surface area contributed by atoms with Gasteiger partial charge >= 0.3 is 0 Å². The third-order valence-electron chi connectivity index (χ3n) is 4.11. The van der Waals surface area contributed by atoms with E-state index in [0.29, 0.717) is 17.5 Å². The fourth-order valence-electron chi connectivity index (χ4n) is 2.83. The zero-order chi connectivity index (χ0) is 19.3. The number of thiophene rings is 1. The molecule has 0 saturated carbocycles. The van der Waals surface area contributed by atoms with Gasteiger partial charge in [0.25, 0.3) is 0 Å². The fraction of sp³-hybridized carbons (Fsp3) is 0.217. The Balaban J connectivity index is 0.00000118. The molecule has 0 N–H and O–H groups in total. The van der Waals surface area contributed by atoms with Crippen molar-refractivity contribution in [1.82, 2.24) is 0 Å². The minimum absolute atomic E-state index is 0. The second kappa shape index (κ2) is 8.60. The van der Waals surface area contributed by atoms with Gasteiger partial charge in [-0.1, -0.05) is 44.9 Å². The maximum Gasteiger partial charge on any atom is 0.172 e. The van der Waals surface area contributed by atoms with Crippen molar-refractivity contribution in [2.24, 2.45) is 0 Å². The minimum Gasteiger partial charge on any atom is -0.298 e. The van der Waals surface area contributed by atoms with Crippen LogP contribution in [0.5, 0.6) is 0 Å². The van der Waals surface area contributed by atoms with E-state index in [4.69, 9.17) is 6.42 Å². The highest BCUT2D eigenvalue weighted by atomic mass is 32.1. The summed E-state index contributed by atoms with van der Waals surface area (Å²) in [6.07, 6.45) is 6.78. The van der Waals surface area contributed by atoms with Gasteiger partial charge in [0.1, 0.15) is 0 Å². The van der Waals surface area contributed by atoms with Crippen molar-refractivity contribution in [3.05, 3.63) is 58.0 Å². The van der Waals surface area contributed by atoms with Crippen LogP contribution in [0.4, 0.5) is 0 Å². The van der Waals surface area contributed by atoms with E-state index in [0.717, 1.165) is 37.9 Å². The molecule has 26 heavy (non-hydrogen) atoms. The molecule has 3 rings (SSSR count). The van der Waals surface area contributed by atoms with Crippen molar-refractivity contribution < 1.29 is 11.0 Å². The van der Waals surface area contributed by atoms with E-state index in [1.165, 1.54) is 11.3 Å². The number of aryl methyl sites for hydroxylation is 1. The largest absolute Gasteiger partial charge is 0.298 e. The molecule has 0 unspecified atom stereocenters. The summed E-state index contributed by atoms with van der Waals surface area (Å²) in [6.45, 7) is 7.89. The molecule has 2 aromatic carbocycles. The standard InChI is InChI=1S/C21H16O2S.C2H6.H/c1-4-14-6-7-15-11-16(8-9-17(15)18(14)12-22)21-13(3)10-20(24-21)19(23)5-2;1-2;/h1,6-12H,5H2,2-3H3;1-2H3;. The number of Topliss-reactive ketones (excluding diaryl/α,β-unsaturated/α-hetero) is 1. The molecule has 0 bridgehead atoms. The summed E-state index contributed by atoms with van der Waals surface area (Å²) in [5.74, 6) is 2.71. The Morgan fingerprint density at radius 1 is 1.23 bits per heavy atom. The molecule has 2 nitrogen and oxygen atoms in total. The summed E-state index contributed by atoms with van der Waals surface area (Å²) in [5.41, 5.74) is 3.29. The molecule has 0 aliphatic heterocycles. The van der Waals surface area contributed by atoms with Gasteiger partial charge in [-0.05, 0) is 47.0 Å². The number of carbonyl (C=O) groups excluding carboxylic acids is 2. The average molecular weight is 364 g/mol. The first-order valence-corrected chi connectivity index (χ1v) is 9.53. The molecule has 0 aliphatic rings. The second-order valence-corrected chi connectivity index (χ2v) is 6.68. The number of terminal acetylenes is 1. The first-order chi connectivity index (χ1) is 12.6. The van der Waals surface area contributed by atoms with Gasteiger partial charge in [0, 0.05) is 23.9 Å². The van der Waals surface area contributed by atoms with Gasteiger partial charge in [-0.25, -0.2) is 0 Å². The van der Waals surface area contributed by atoms with E-state index >= 15 is 0 Å². The molecule has 1 heterocycles. The van der Waals surface area contributed by atoms with Crippen LogP contribution in [0, 0.1) is 19.3 Å². The molecule has 0 atom stereocenters. The lowest BCUT2D eigenvalue weighted by Crippen LogP contribution is -1.90. The first-order valence-electron chi connectivity index (χ1n) is 8.71. The minimum atomic E-state index is 0. The molecule has 0 spiro atoms. The molecular formula is C23H23O2S. The van der Waals surface area contributed by atoms with Gasteiger partial charge in [-0.3, -0.25) is 9.59 Å². The number of carbonyl (C=O) groups is 2. The second-order valence-electron chi connectivity index (χ2n) is 5.62. The number of aldehydes is 1. The zero-order valence-corrected chi connectivity index (χ0v) is 16.4. The van der Waals surface area contributed by atoms with Crippen molar-refractivity contribution in [2.45, 2.75) is 34.1 Å². The topological polar surface area (TPSA) is 34.1 Å². The van der Waals surface area contributed by atoms with E-state index in [1.54, 1.807) is 6.07 Å². The van der Waals surface area contributed by atoms with Crippen molar-refractivity contribution in [1.29, 1.82) is 0 Å². The number of benzene rings is 2. The Hall–Kier alpha value is -2.70. The number of hydrogen-bond donors (Lipinski definition) is 0. The van der Waals surface area contributed by atoms with E-state index in [9.17, 15) is 9.59 Å². The summed E-state index contributed by atoms with van der Waals surface area (Å²) in [5, 5.41) is 1.81. The van der Waals surface area contributed by atoms with Crippen molar-refractivity contribution in [3.63, 3.8) is 0 Å². The molecule has 3 aromatic rings. The van der Waals surface area contributed by atoms with Crippen LogP contribution in [0.15, 0.2) is 36.4 Å². The van der Waals surface area contributed by atoms with Crippen LogP contribution in [-0.2, 0) is 0 Å². The lowest BCUT2D eigenvalue weighted by Gasteiger charge is -2.07. The Bertz CT molecular complexity index is 1010. The summed E-state index contributed by atoms with van der Waals surface area (Å²) in [4.78, 5) is 25.2. The van der Waals surface area contributed by atoms with Gasteiger partial charge in [0.15, 0.2) is 12.1 Å². The Morgan fingerprint density at radius 2 is 1.96 bits per heavy atom. The smallest absolute Gasteiger partial charge is 0.172 e. The molecule has 1 aromatic heterocycles. The Morgan fingerprint density at radius 3 is 2.58 bits per heavy atom. The third kappa shape index (κ3) is 3.61. The number of ketones is 1. The first kappa shape index (κ1) is 19.6. The molecule has 0 aliphatic carbocycles. The van der Waals surface area contributed by atoms with Gasteiger partial charge in [0.05, 0.1) is 4.88 Å². The maximum atomic E-state index is 11.9. The average Bonchev–Trinajstić information content (AvgIpc) is 3.09. The van der Waals surface area contributed by atoms with Crippen molar-refractivity contribution in [3.8, 4) is 22.8 Å². The van der Waals surface area contributed by atoms with Gasteiger partial charge < -0.3 is 0 Å². The number of hydrogen-bond acceptors (Lipinski definition) is 3. The summed E-state index contributed by atoms with van der Waals surface area (Å²) in [7, 11) is 0. The predicted molar refractivity (Wildman–Crippen MR) is 112 cm³/mol. The Kier molecular flexibility index (Phi) is 6.49. The van der Waals surface area contributed by atoms with E-state index < -0.39 is 0 Å². The lowest BCUT2D eigenvalue weighted by molar-refractivity contribution is 0.0991. The zero-order valence-electron chi connectivity index (χ0n) is 16.6. The molecule has 133 valence electrons. The molecule has 1 radical (unpaired) electrons. The quantitative estimate of drug-likeness (QED) is 0.305. The molecular weight excluding hydrogens is 340 g/mol. The molecule has 0 saturated heterocycles. The summed E-state index contributed by atoms with van der Waals surface area (Å²) >= 11 is 1.52. The van der Waals surface area contributed by atoms with Crippen LogP contribution in [0.2, 0.25) is 0 Å². The van der Waals surface area contributed by atoms with Gasteiger partial charge in [0.2, 0.25) is 0 Å².